The molecule has 104 valence electrons. The number of methoxy groups -OCH3 is 1. The maximum atomic E-state index is 12.2. The third-order valence-corrected chi connectivity index (χ3v) is 3.22. The predicted molar refractivity (Wildman–Crippen MR) is 78.7 cm³/mol. The molecule has 1 heterocycles. The zero-order valence-corrected chi connectivity index (χ0v) is 12.0. The molecule has 20 heavy (non-hydrogen) atoms. The van der Waals surface area contributed by atoms with Gasteiger partial charge in [-0.1, -0.05) is 23.7 Å². The summed E-state index contributed by atoms with van der Waals surface area (Å²) in [6, 6.07) is 12.5. The van der Waals surface area contributed by atoms with Crippen molar-refractivity contribution in [2.45, 2.75) is 12.5 Å². The topological polar surface area (TPSA) is 51.2 Å². The van der Waals surface area contributed by atoms with Crippen LogP contribution in [0.15, 0.2) is 48.7 Å². The first-order valence-electron chi connectivity index (χ1n) is 6.10. The van der Waals surface area contributed by atoms with Crippen LogP contribution in [0.1, 0.15) is 12.6 Å². The van der Waals surface area contributed by atoms with Crippen LogP contribution in [0.3, 0.4) is 0 Å². The number of carbonyl (C=O) groups excluding carboxylic acids is 1. The van der Waals surface area contributed by atoms with Gasteiger partial charge in [0.2, 0.25) is 0 Å². The molecule has 1 aromatic heterocycles. The van der Waals surface area contributed by atoms with Crippen LogP contribution < -0.4 is 5.32 Å². The van der Waals surface area contributed by atoms with E-state index in [1.165, 1.54) is 7.11 Å². The Morgan fingerprint density at radius 1 is 1.30 bits per heavy atom. The second-order valence-electron chi connectivity index (χ2n) is 4.47. The molecule has 1 atom stereocenters. The Kier molecular flexibility index (Phi) is 4.25. The zero-order valence-electron chi connectivity index (χ0n) is 11.3. The van der Waals surface area contributed by atoms with Gasteiger partial charge < -0.3 is 10.1 Å². The molecule has 0 radical (unpaired) electrons. The van der Waals surface area contributed by atoms with Crippen LogP contribution in [0.2, 0.25) is 5.02 Å². The molecule has 1 aromatic carbocycles. The first kappa shape index (κ1) is 14.3. The Labute approximate surface area is 122 Å². The first-order valence-corrected chi connectivity index (χ1v) is 6.48. The number of pyridine rings is 1. The van der Waals surface area contributed by atoms with Gasteiger partial charge in [-0.05, 0) is 37.3 Å². The van der Waals surface area contributed by atoms with E-state index in [-0.39, 0.29) is 0 Å². The summed E-state index contributed by atoms with van der Waals surface area (Å²) in [6.07, 6.45) is 1.64. The number of rotatable bonds is 4. The van der Waals surface area contributed by atoms with E-state index in [0.717, 1.165) is 5.69 Å². The predicted octanol–water partition coefficient (Wildman–Crippen LogP) is 3.24. The van der Waals surface area contributed by atoms with Crippen LogP contribution in [-0.2, 0) is 15.1 Å². The maximum absolute atomic E-state index is 12.2. The Hall–Kier alpha value is -2.07. The van der Waals surface area contributed by atoms with Gasteiger partial charge in [0.25, 0.3) is 0 Å². The molecule has 5 heteroatoms. The van der Waals surface area contributed by atoms with E-state index >= 15 is 0 Å². The molecule has 2 aromatic rings. The van der Waals surface area contributed by atoms with Crippen LogP contribution in [-0.4, -0.2) is 18.1 Å². The van der Waals surface area contributed by atoms with Crippen LogP contribution in [0.5, 0.6) is 0 Å². The molecule has 0 spiro atoms. The van der Waals surface area contributed by atoms with Crippen LogP contribution in [0.25, 0.3) is 0 Å². The van der Waals surface area contributed by atoms with Crippen LogP contribution >= 0.6 is 11.6 Å². The van der Waals surface area contributed by atoms with Gasteiger partial charge in [-0.3, -0.25) is 4.98 Å². The molecule has 0 bridgehead atoms. The highest BCUT2D eigenvalue weighted by Crippen LogP contribution is 2.27. The molecule has 0 amide bonds. The number of esters is 1. The third-order valence-electron chi connectivity index (χ3n) is 2.99. The van der Waals surface area contributed by atoms with E-state index in [4.69, 9.17) is 16.3 Å². The van der Waals surface area contributed by atoms with Gasteiger partial charge in [-0.15, -0.1) is 0 Å². The lowest BCUT2D eigenvalue weighted by molar-refractivity contribution is -0.145. The lowest BCUT2D eigenvalue weighted by atomic mass is 9.96. The summed E-state index contributed by atoms with van der Waals surface area (Å²) in [6.45, 7) is 1.72. The molecule has 4 nitrogen and oxygen atoms in total. The van der Waals surface area contributed by atoms with Gasteiger partial charge in [-0.2, -0.15) is 0 Å². The highest BCUT2D eigenvalue weighted by atomic mass is 35.5. The van der Waals surface area contributed by atoms with Crippen molar-refractivity contribution in [3.05, 3.63) is 59.4 Å². The molecule has 1 unspecified atom stereocenters. The number of hydrogen-bond donors (Lipinski definition) is 1. The van der Waals surface area contributed by atoms with Crippen molar-refractivity contribution in [3.63, 3.8) is 0 Å². The minimum Gasteiger partial charge on any atom is -0.467 e. The largest absolute Gasteiger partial charge is 0.467 e. The second kappa shape index (κ2) is 5.92. The van der Waals surface area contributed by atoms with E-state index in [9.17, 15) is 4.79 Å². The van der Waals surface area contributed by atoms with Crippen LogP contribution in [0.4, 0.5) is 5.69 Å². The molecule has 0 saturated carbocycles. The fourth-order valence-electron chi connectivity index (χ4n) is 1.94. The normalized spacial score (nSPS) is 13.3. The maximum Gasteiger partial charge on any atom is 0.337 e. The van der Waals surface area contributed by atoms with E-state index in [1.54, 1.807) is 43.5 Å². The highest BCUT2D eigenvalue weighted by Gasteiger charge is 2.37. The first-order chi connectivity index (χ1) is 9.56. The average molecular weight is 291 g/mol. The standard InChI is InChI=1S/C15H15ClN2O2/c1-15(14(19)20-2,13-8-3-4-9-17-13)18-12-7-5-6-11(16)10-12/h3-10,18H,1-2H3. The summed E-state index contributed by atoms with van der Waals surface area (Å²) in [5.41, 5.74) is 0.212. The van der Waals surface area contributed by atoms with Gasteiger partial charge in [-0.25, -0.2) is 4.79 Å². The fraction of sp³-hybridized carbons (Fsp3) is 0.200. The molecular formula is C15H15ClN2O2. The summed E-state index contributed by atoms with van der Waals surface area (Å²) in [4.78, 5) is 16.4. The van der Waals surface area contributed by atoms with Crippen LogP contribution in [0, 0.1) is 0 Å². The van der Waals surface area contributed by atoms with Crippen molar-refractivity contribution in [2.24, 2.45) is 0 Å². The van der Waals surface area contributed by atoms with E-state index in [2.05, 4.69) is 10.3 Å². The summed E-state index contributed by atoms with van der Waals surface area (Å²) in [5, 5.41) is 3.73. The minimum absolute atomic E-state index is 0.420. The molecule has 2 rings (SSSR count). The number of ether oxygens (including phenoxy) is 1. The zero-order chi connectivity index (χ0) is 14.6. The van der Waals surface area contributed by atoms with Crippen molar-refractivity contribution in [3.8, 4) is 0 Å². The van der Waals surface area contributed by atoms with Crippen molar-refractivity contribution in [1.82, 2.24) is 4.98 Å². The molecule has 0 aliphatic carbocycles. The molecule has 1 N–H and O–H groups in total. The SMILES string of the molecule is COC(=O)C(C)(Nc1cccc(Cl)c1)c1ccccn1. The van der Waals surface area contributed by atoms with Gasteiger partial charge in [0.1, 0.15) is 0 Å². The minimum atomic E-state index is -1.08. The molecule has 0 saturated heterocycles. The van der Waals surface area contributed by atoms with Gasteiger partial charge in [0.05, 0.1) is 12.8 Å². The summed E-state index contributed by atoms with van der Waals surface area (Å²) >= 11 is 5.96. The monoisotopic (exact) mass is 290 g/mol. The second-order valence-corrected chi connectivity index (χ2v) is 4.90. The Morgan fingerprint density at radius 3 is 2.70 bits per heavy atom. The quantitative estimate of drug-likeness (QED) is 0.878. The number of anilines is 1. The average Bonchev–Trinajstić information content (AvgIpc) is 2.47. The molecular weight excluding hydrogens is 276 g/mol. The lowest BCUT2D eigenvalue weighted by Gasteiger charge is -2.28. The molecule has 0 fully saturated rings. The smallest absolute Gasteiger partial charge is 0.337 e. The van der Waals surface area contributed by atoms with Gasteiger partial charge in [0.15, 0.2) is 5.54 Å². The highest BCUT2D eigenvalue weighted by molar-refractivity contribution is 6.30. The van der Waals surface area contributed by atoms with E-state index in [0.29, 0.717) is 10.7 Å². The number of carbonyl (C=O) groups is 1. The van der Waals surface area contributed by atoms with Gasteiger partial charge in [0, 0.05) is 16.9 Å². The number of nitrogens with zero attached hydrogens (tertiary/aromatic N) is 1. The van der Waals surface area contributed by atoms with Gasteiger partial charge >= 0.3 is 5.97 Å². The number of halogens is 1. The number of benzene rings is 1. The summed E-state index contributed by atoms with van der Waals surface area (Å²) in [7, 11) is 1.35. The van der Waals surface area contributed by atoms with Crippen molar-refractivity contribution in [2.75, 3.05) is 12.4 Å². The molecule has 0 aliphatic heterocycles. The third kappa shape index (κ3) is 2.91. The summed E-state index contributed by atoms with van der Waals surface area (Å²) < 4.78 is 4.90. The van der Waals surface area contributed by atoms with Crippen molar-refractivity contribution in [1.29, 1.82) is 0 Å². The Bertz CT molecular complexity index is 604. The lowest BCUT2D eigenvalue weighted by Crippen LogP contribution is -2.42. The van der Waals surface area contributed by atoms with E-state index in [1.807, 2.05) is 12.1 Å². The number of hydrogen-bond acceptors (Lipinski definition) is 4. The Balaban J connectivity index is 2.41. The fourth-order valence-corrected chi connectivity index (χ4v) is 2.13. The molecule has 0 aliphatic rings. The van der Waals surface area contributed by atoms with E-state index < -0.39 is 11.5 Å². The van der Waals surface area contributed by atoms with Crippen molar-refractivity contribution >= 4 is 23.3 Å². The number of nitrogens with one attached hydrogen (secondary N) is 1. The van der Waals surface area contributed by atoms with Crippen molar-refractivity contribution < 1.29 is 9.53 Å². The number of aromatic nitrogens is 1. The Morgan fingerprint density at radius 2 is 2.10 bits per heavy atom. The summed E-state index contributed by atoms with van der Waals surface area (Å²) in [5.74, 6) is -0.420.